The van der Waals surface area contributed by atoms with Gasteiger partial charge in [0.2, 0.25) is 0 Å². The first-order valence-corrected chi connectivity index (χ1v) is 8.41. The third-order valence-electron chi connectivity index (χ3n) is 4.04. The predicted octanol–water partition coefficient (Wildman–Crippen LogP) is 2.46. The summed E-state index contributed by atoms with van der Waals surface area (Å²) in [6.45, 7) is 4.07. The van der Waals surface area contributed by atoms with Gasteiger partial charge in [-0.3, -0.25) is 4.90 Å². The molecule has 8 heteroatoms. The minimum absolute atomic E-state index is 0.0279. The summed E-state index contributed by atoms with van der Waals surface area (Å²) in [6.07, 6.45) is -5.21. The number of hydrogen-bond donors (Lipinski definition) is 2. The molecule has 1 aromatic carbocycles. The Morgan fingerprint density at radius 2 is 1.88 bits per heavy atom. The number of piperazine rings is 1. The molecule has 24 heavy (non-hydrogen) atoms. The number of anilines is 1. The fourth-order valence-electron chi connectivity index (χ4n) is 2.60. The van der Waals surface area contributed by atoms with E-state index in [1.54, 1.807) is 6.07 Å². The zero-order chi connectivity index (χ0) is 17.7. The molecule has 1 aromatic rings. The lowest BCUT2D eigenvalue weighted by molar-refractivity contribution is -0.137. The predicted molar refractivity (Wildman–Crippen MR) is 89.4 cm³/mol. The third kappa shape index (κ3) is 5.81. The first kappa shape index (κ1) is 19.3. The molecule has 0 spiro atoms. The summed E-state index contributed by atoms with van der Waals surface area (Å²) < 4.78 is 39.4. The second kappa shape index (κ2) is 8.38. The van der Waals surface area contributed by atoms with Crippen LogP contribution in [0.15, 0.2) is 18.2 Å². The fourth-order valence-corrected chi connectivity index (χ4v) is 2.71. The molecule has 0 saturated carbocycles. The zero-order valence-electron chi connectivity index (χ0n) is 13.6. The fraction of sp³-hybridized carbons (Fsp3) is 0.625. The average Bonchev–Trinajstić information content (AvgIpc) is 2.54. The second-order valence-electron chi connectivity index (χ2n) is 6.18. The van der Waals surface area contributed by atoms with Crippen molar-refractivity contribution in [2.24, 2.45) is 0 Å². The van der Waals surface area contributed by atoms with E-state index < -0.39 is 17.8 Å². The average molecular weight is 366 g/mol. The summed E-state index contributed by atoms with van der Waals surface area (Å²) >= 11 is 5.51. The van der Waals surface area contributed by atoms with Gasteiger partial charge in [-0.25, -0.2) is 0 Å². The summed E-state index contributed by atoms with van der Waals surface area (Å²) in [5.74, 6) is 0.0279. The Kier molecular flexibility index (Phi) is 6.74. The zero-order valence-corrected chi connectivity index (χ0v) is 14.4. The molecule has 1 atom stereocenters. The number of aliphatic hydroxyl groups excluding tert-OH is 1. The smallest absolute Gasteiger partial charge is 0.390 e. The van der Waals surface area contributed by atoms with Gasteiger partial charge in [0, 0.05) is 45.0 Å². The molecule has 1 aliphatic heterocycles. The van der Waals surface area contributed by atoms with Crippen molar-refractivity contribution in [1.82, 2.24) is 9.80 Å². The summed E-state index contributed by atoms with van der Waals surface area (Å²) in [7, 11) is 2.03. The van der Waals surface area contributed by atoms with E-state index in [0.717, 1.165) is 32.2 Å². The molecule has 0 radical (unpaired) electrons. The Morgan fingerprint density at radius 3 is 2.46 bits per heavy atom. The van der Waals surface area contributed by atoms with E-state index in [1.807, 2.05) is 7.05 Å². The molecule has 2 N–H and O–H groups in total. The maximum Gasteiger partial charge on any atom is 0.416 e. The minimum Gasteiger partial charge on any atom is -0.390 e. The number of halogens is 4. The van der Waals surface area contributed by atoms with Crippen molar-refractivity contribution >= 4 is 17.3 Å². The van der Waals surface area contributed by atoms with Crippen molar-refractivity contribution in [1.29, 1.82) is 0 Å². The topological polar surface area (TPSA) is 38.7 Å². The van der Waals surface area contributed by atoms with Gasteiger partial charge in [-0.05, 0) is 30.8 Å². The van der Waals surface area contributed by atoms with Crippen LogP contribution in [0, 0.1) is 0 Å². The normalized spacial score (nSPS) is 18.6. The van der Waals surface area contributed by atoms with E-state index in [9.17, 15) is 18.3 Å². The maximum atomic E-state index is 13.1. The molecule has 0 aromatic heterocycles. The number of nitrogens with one attached hydrogen (secondary N) is 1. The molecule has 1 unspecified atom stereocenters. The molecule has 0 amide bonds. The minimum atomic E-state index is -4.40. The van der Waals surface area contributed by atoms with Crippen LogP contribution in [0.4, 0.5) is 18.9 Å². The van der Waals surface area contributed by atoms with Gasteiger partial charge in [0.25, 0.3) is 0 Å². The van der Waals surface area contributed by atoms with E-state index in [4.69, 9.17) is 11.6 Å². The van der Waals surface area contributed by atoms with Crippen LogP contribution in [-0.4, -0.2) is 66.7 Å². The molecule has 0 bridgehead atoms. The summed E-state index contributed by atoms with van der Waals surface area (Å²) in [4.78, 5) is 4.34. The van der Waals surface area contributed by atoms with E-state index >= 15 is 0 Å². The van der Waals surface area contributed by atoms with Crippen LogP contribution >= 0.6 is 11.6 Å². The van der Waals surface area contributed by atoms with Crippen molar-refractivity contribution in [3.8, 4) is 0 Å². The summed E-state index contributed by atoms with van der Waals surface area (Å²) in [5.41, 5.74) is 0.271. The van der Waals surface area contributed by atoms with Gasteiger partial charge in [0.05, 0.1) is 17.5 Å². The largest absolute Gasteiger partial charge is 0.416 e. The highest BCUT2D eigenvalue weighted by molar-refractivity contribution is 6.18. The second-order valence-corrected chi connectivity index (χ2v) is 6.49. The molecular weight excluding hydrogens is 343 g/mol. The molecule has 1 aliphatic rings. The molecule has 136 valence electrons. The number of alkyl halides is 4. The Morgan fingerprint density at radius 1 is 1.21 bits per heavy atom. The maximum absolute atomic E-state index is 13.1. The summed E-state index contributed by atoms with van der Waals surface area (Å²) in [6, 6.07) is 3.96. The van der Waals surface area contributed by atoms with Gasteiger partial charge in [0.15, 0.2) is 0 Å². The van der Waals surface area contributed by atoms with Gasteiger partial charge in [-0.15, -0.1) is 11.6 Å². The lowest BCUT2D eigenvalue weighted by Crippen LogP contribution is -2.43. The van der Waals surface area contributed by atoms with Crippen molar-refractivity contribution in [2.75, 3.05) is 51.0 Å². The van der Waals surface area contributed by atoms with Gasteiger partial charge in [0.1, 0.15) is 0 Å². The number of benzene rings is 1. The molecule has 0 aliphatic carbocycles. The van der Waals surface area contributed by atoms with Crippen molar-refractivity contribution in [2.45, 2.75) is 18.8 Å². The third-order valence-corrected chi connectivity index (χ3v) is 4.40. The SMILES string of the molecule is CN1CCN(Cc2cc(NCC(O)CCl)cc(C(F)(F)F)c2)CC1. The molecule has 2 rings (SSSR count). The molecule has 1 saturated heterocycles. The van der Waals surface area contributed by atoms with Crippen molar-refractivity contribution in [3.05, 3.63) is 29.3 Å². The van der Waals surface area contributed by atoms with Gasteiger partial charge < -0.3 is 15.3 Å². The Labute approximate surface area is 145 Å². The number of hydrogen-bond acceptors (Lipinski definition) is 4. The van der Waals surface area contributed by atoms with E-state index in [0.29, 0.717) is 17.8 Å². The van der Waals surface area contributed by atoms with Crippen LogP contribution in [-0.2, 0) is 12.7 Å². The van der Waals surface area contributed by atoms with Gasteiger partial charge in [-0.1, -0.05) is 0 Å². The first-order valence-electron chi connectivity index (χ1n) is 7.88. The van der Waals surface area contributed by atoms with Crippen LogP contribution in [0.1, 0.15) is 11.1 Å². The first-order chi connectivity index (χ1) is 11.3. The van der Waals surface area contributed by atoms with E-state index in [-0.39, 0.29) is 12.4 Å². The van der Waals surface area contributed by atoms with Gasteiger partial charge >= 0.3 is 6.18 Å². The lowest BCUT2D eigenvalue weighted by atomic mass is 10.1. The number of rotatable bonds is 6. The quantitative estimate of drug-likeness (QED) is 0.760. The highest BCUT2D eigenvalue weighted by Crippen LogP contribution is 2.32. The number of nitrogens with zero attached hydrogens (tertiary/aromatic N) is 2. The Bertz CT molecular complexity index is 534. The molecular formula is C16H23ClF3N3O. The molecule has 1 heterocycles. The lowest BCUT2D eigenvalue weighted by Gasteiger charge is -2.32. The van der Waals surface area contributed by atoms with Crippen LogP contribution in [0.3, 0.4) is 0 Å². The monoisotopic (exact) mass is 365 g/mol. The number of aliphatic hydroxyl groups is 1. The standard InChI is InChI=1S/C16H23ClF3N3O/c1-22-2-4-23(5-3-22)11-12-6-13(16(18,19)20)8-14(7-12)21-10-15(24)9-17/h6-8,15,21,24H,2-5,9-11H2,1H3. The summed E-state index contributed by atoms with van der Waals surface area (Å²) in [5, 5.41) is 12.3. The van der Waals surface area contributed by atoms with Gasteiger partial charge in [-0.2, -0.15) is 13.2 Å². The van der Waals surface area contributed by atoms with E-state index in [1.165, 1.54) is 6.07 Å². The number of likely N-dealkylation sites (N-methyl/N-ethyl adjacent to an activating group) is 1. The van der Waals surface area contributed by atoms with Crippen molar-refractivity contribution < 1.29 is 18.3 Å². The highest BCUT2D eigenvalue weighted by Gasteiger charge is 2.31. The van der Waals surface area contributed by atoms with Crippen molar-refractivity contribution in [3.63, 3.8) is 0 Å². The van der Waals surface area contributed by atoms with E-state index in [2.05, 4.69) is 15.1 Å². The highest BCUT2D eigenvalue weighted by atomic mass is 35.5. The Hall–Kier alpha value is -1.02. The van der Waals surface area contributed by atoms with Crippen LogP contribution in [0.5, 0.6) is 0 Å². The Balaban J connectivity index is 2.13. The van der Waals surface area contributed by atoms with Crippen LogP contribution in [0.2, 0.25) is 0 Å². The molecule has 4 nitrogen and oxygen atoms in total. The molecule has 1 fully saturated rings. The van der Waals surface area contributed by atoms with Crippen LogP contribution in [0.25, 0.3) is 0 Å². The van der Waals surface area contributed by atoms with Crippen LogP contribution < -0.4 is 5.32 Å².